The summed E-state index contributed by atoms with van der Waals surface area (Å²) in [6.07, 6.45) is 5.05. The van der Waals surface area contributed by atoms with E-state index in [4.69, 9.17) is 21.1 Å². The van der Waals surface area contributed by atoms with E-state index in [1.54, 1.807) is 7.11 Å². The molecule has 0 aliphatic carbocycles. The molecule has 0 bridgehead atoms. The van der Waals surface area contributed by atoms with Crippen LogP contribution in [-0.2, 0) is 4.74 Å². The molecule has 2 heterocycles. The number of aromatic nitrogens is 2. The molecule has 1 saturated heterocycles. The summed E-state index contributed by atoms with van der Waals surface area (Å²) >= 11 is 5.89. The Labute approximate surface area is 105 Å². The molecule has 6 heteroatoms. The fraction of sp³-hybridized carbons (Fsp3) is 0.636. The fourth-order valence-electron chi connectivity index (χ4n) is 1.88. The lowest BCUT2D eigenvalue weighted by Crippen LogP contribution is -2.13. The Morgan fingerprint density at radius 3 is 3.18 bits per heavy atom. The van der Waals surface area contributed by atoms with E-state index >= 15 is 0 Å². The molecule has 17 heavy (non-hydrogen) atoms. The van der Waals surface area contributed by atoms with Gasteiger partial charge in [0.1, 0.15) is 6.33 Å². The van der Waals surface area contributed by atoms with Crippen molar-refractivity contribution in [3.8, 4) is 5.75 Å². The first-order valence-corrected chi connectivity index (χ1v) is 6.09. The molecule has 0 spiro atoms. The quantitative estimate of drug-likeness (QED) is 0.819. The summed E-state index contributed by atoms with van der Waals surface area (Å²) in [5, 5.41) is 3.51. The average Bonchev–Trinajstić information content (AvgIpc) is 2.82. The maximum atomic E-state index is 5.89. The number of methoxy groups -OCH3 is 1. The first-order chi connectivity index (χ1) is 8.31. The zero-order chi connectivity index (χ0) is 12.1. The van der Waals surface area contributed by atoms with Crippen molar-refractivity contribution in [1.82, 2.24) is 9.97 Å². The molecule has 0 radical (unpaired) electrons. The smallest absolute Gasteiger partial charge is 0.198 e. The van der Waals surface area contributed by atoms with Gasteiger partial charge in [-0.15, -0.1) is 0 Å². The van der Waals surface area contributed by atoms with Crippen LogP contribution in [0.4, 0.5) is 5.82 Å². The predicted octanol–water partition coefficient (Wildman–Crippen LogP) is 2.12. The number of hydrogen-bond acceptors (Lipinski definition) is 5. The largest absolute Gasteiger partial charge is 0.490 e. The molecular formula is C11H16ClN3O2. The van der Waals surface area contributed by atoms with Gasteiger partial charge in [-0.3, -0.25) is 0 Å². The molecule has 1 aliphatic heterocycles. The molecular weight excluding hydrogens is 242 g/mol. The third kappa shape index (κ3) is 3.20. The molecule has 2 rings (SSSR count). The van der Waals surface area contributed by atoms with Gasteiger partial charge in [0, 0.05) is 13.2 Å². The van der Waals surface area contributed by atoms with Crippen molar-refractivity contribution in [3.05, 3.63) is 11.5 Å². The van der Waals surface area contributed by atoms with Crippen molar-refractivity contribution in [1.29, 1.82) is 0 Å². The van der Waals surface area contributed by atoms with Gasteiger partial charge in [-0.1, -0.05) is 11.6 Å². The number of hydrogen-bond donors (Lipinski definition) is 1. The van der Waals surface area contributed by atoms with E-state index in [0.717, 1.165) is 32.4 Å². The van der Waals surface area contributed by atoms with Gasteiger partial charge < -0.3 is 14.8 Å². The second-order valence-corrected chi connectivity index (χ2v) is 4.25. The summed E-state index contributed by atoms with van der Waals surface area (Å²) < 4.78 is 10.7. The maximum Gasteiger partial charge on any atom is 0.198 e. The lowest BCUT2D eigenvalue weighted by Gasteiger charge is -2.12. The molecule has 94 valence electrons. The second-order valence-electron chi connectivity index (χ2n) is 3.90. The molecule has 1 N–H and O–H groups in total. The van der Waals surface area contributed by atoms with E-state index in [9.17, 15) is 0 Å². The fourth-order valence-corrected chi connectivity index (χ4v) is 2.09. The zero-order valence-corrected chi connectivity index (χ0v) is 10.5. The summed E-state index contributed by atoms with van der Waals surface area (Å²) in [4.78, 5) is 7.96. The first-order valence-electron chi connectivity index (χ1n) is 5.71. The van der Waals surface area contributed by atoms with Crippen LogP contribution in [0.5, 0.6) is 5.75 Å². The minimum atomic E-state index is 0.321. The van der Waals surface area contributed by atoms with E-state index in [-0.39, 0.29) is 0 Å². The summed E-state index contributed by atoms with van der Waals surface area (Å²) in [6.45, 7) is 1.67. The number of anilines is 1. The summed E-state index contributed by atoms with van der Waals surface area (Å²) in [5.41, 5.74) is 0. The molecule has 1 aromatic rings. The highest BCUT2D eigenvalue weighted by Crippen LogP contribution is 2.28. The molecule has 1 unspecified atom stereocenters. The Kier molecular flexibility index (Phi) is 4.39. The van der Waals surface area contributed by atoms with E-state index < -0.39 is 0 Å². The molecule has 1 fully saturated rings. The summed E-state index contributed by atoms with van der Waals surface area (Å²) in [5.74, 6) is 1.12. The van der Waals surface area contributed by atoms with Crippen LogP contribution in [0.15, 0.2) is 6.33 Å². The van der Waals surface area contributed by atoms with Crippen molar-refractivity contribution < 1.29 is 9.47 Å². The Morgan fingerprint density at radius 1 is 1.59 bits per heavy atom. The second kappa shape index (κ2) is 6.02. The third-order valence-electron chi connectivity index (χ3n) is 2.75. The standard InChI is InChI=1S/C11H16ClN3O2/c1-16-9-10(12)14-7-15-11(9)13-5-4-8-3-2-6-17-8/h7-8H,2-6H2,1H3,(H,13,14,15). The highest BCUT2D eigenvalue weighted by Gasteiger charge is 2.15. The predicted molar refractivity (Wildman–Crippen MR) is 65.7 cm³/mol. The topological polar surface area (TPSA) is 56.3 Å². The van der Waals surface area contributed by atoms with E-state index in [2.05, 4.69) is 15.3 Å². The lowest BCUT2D eigenvalue weighted by molar-refractivity contribution is 0.107. The molecule has 1 atom stereocenters. The lowest BCUT2D eigenvalue weighted by atomic mass is 10.2. The van der Waals surface area contributed by atoms with Gasteiger partial charge in [-0.05, 0) is 19.3 Å². The van der Waals surface area contributed by atoms with E-state index in [0.29, 0.717) is 22.8 Å². The van der Waals surface area contributed by atoms with Crippen LogP contribution in [0.3, 0.4) is 0 Å². The van der Waals surface area contributed by atoms with Gasteiger partial charge in [0.25, 0.3) is 0 Å². The van der Waals surface area contributed by atoms with Crippen LogP contribution < -0.4 is 10.1 Å². The summed E-state index contributed by atoms with van der Waals surface area (Å²) in [7, 11) is 1.55. The van der Waals surface area contributed by atoms with Crippen LogP contribution >= 0.6 is 11.6 Å². The van der Waals surface area contributed by atoms with Crippen molar-refractivity contribution >= 4 is 17.4 Å². The van der Waals surface area contributed by atoms with Gasteiger partial charge >= 0.3 is 0 Å². The highest BCUT2D eigenvalue weighted by atomic mass is 35.5. The Hall–Kier alpha value is -1.07. The van der Waals surface area contributed by atoms with Gasteiger partial charge in [0.05, 0.1) is 13.2 Å². The van der Waals surface area contributed by atoms with Gasteiger partial charge in [0.15, 0.2) is 16.7 Å². The number of halogens is 1. The molecule has 0 amide bonds. The van der Waals surface area contributed by atoms with Crippen molar-refractivity contribution in [2.75, 3.05) is 25.6 Å². The minimum Gasteiger partial charge on any atom is -0.490 e. The molecule has 1 aliphatic rings. The number of nitrogens with zero attached hydrogens (tertiary/aromatic N) is 2. The summed E-state index contributed by atoms with van der Waals surface area (Å²) in [6, 6.07) is 0. The Bertz CT molecular complexity index is 370. The zero-order valence-electron chi connectivity index (χ0n) is 9.78. The molecule has 0 saturated carbocycles. The SMILES string of the molecule is COc1c(Cl)ncnc1NCCC1CCCO1. The van der Waals surface area contributed by atoms with Crippen LogP contribution in [0.2, 0.25) is 5.15 Å². The van der Waals surface area contributed by atoms with Gasteiger partial charge in [0.2, 0.25) is 0 Å². The monoisotopic (exact) mass is 257 g/mol. The first kappa shape index (κ1) is 12.4. The third-order valence-corrected chi connectivity index (χ3v) is 3.02. The van der Waals surface area contributed by atoms with E-state index in [1.165, 1.54) is 6.33 Å². The van der Waals surface area contributed by atoms with Gasteiger partial charge in [-0.25, -0.2) is 9.97 Å². The molecule has 1 aromatic heterocycles. The normalized spacial score (nSPS) is 19.3. The van der Waals surface area contributed by atoms with Crippen LogP contribution in [-0.4, -0.2) is 36.3 Å². The van der Waals surface area contributed by atoms with Crippen LogP contribution in [0, 0.1) is 0 Å². The van der Waals surface area contributed by atoms with Crippen molar-refractivity contribution in [2.45, 2.75) is 25.4 Å². The Balaban J connectivity index is 1.87. The van der Waals surface area contributed by atoms with Crippen LogP contribution in [0.1, 0.15) is 19.3 Å². The Morgan fingerprint density at radius 2 is 2.47 bits per heavy atom. The van der Waals surface area contributed by atoms with Gasteiger partial charge in [-0.2, -0.15) is 0 Å². The van der Waals surface area contributed by atoms with Crippen molar-refractivity contribution in [2.24, 2.45) is 0 Å². The average molecular weight is 258 g/mol. The number of nitrogens with one attached hydrogen (secondary N) is 1. The number of rotatable bonds is 5. The number of ether oxygens (including phenoxy) is 2. The van der Waals surface area contributed by atoms with E-state index in [1.807, 2.05) is 0 Å². The highest BCUT2D eigenvalue weighted by molar-refractivity contribution is 6.31. The van der Waals surface area contributed by atoms with Crippen LogP contribution in [0.25, 0.3) is 0 Å². The molecule has 5 nitrogen and oxygen atoms in total. The molecule has 0 aromatic carbocycles. The minimum absolute atomic E-state index is 0.321. The van der Waals surface area contributed by atoms with Crippen molar-refractivity contribution in [3.63, 3.8) is 0 Å². The maximum absolute atomic E-state index is 5.89.